The number of aromatic hydroxyl groups is 2. The Morgan fingerprint density at radius 2 is 1.71 bits per heavy atom. The highest BCUT2D eigenvalue weighted by molar-refractivity contribution is 9.11. The van der Waals surface area contributed by atoms with Crippen LogP contribution in [0.5, 0.6) is 11.5 Å². The van der Waals surface area contributed by atoms with E-state index in [0.717, 1.165) is 5.56 Å². The highest BCUT2D eigenvalue weighted by atomic mass is 79.9. The molecule has 3 rings (SSSR count). The fourth-order valence-corrected chi connectivity index (χ4v) is 2.78. The molecule has 2 N–H and O–H groups in total. The third kappa shape index (κ3) is 2.56. The molecular weight excluding hydrogens is 402 g/mol. The molecule has 0 bridgehead atoms. The summed E-state index contributed by atoms with van der Waals surface area (Å²) in [6.07, 6.45) is 1.62. The molecule has 0 atom stereocenters. The van der Waals surface area contributed by atoms with Crippen molar-refractivity contribution in [2.75, 3.05) is 0 Å². The summed E-state index contributed by atoms with van der Waals surface area (Å²) in [6, 6.07) is 11.2. The third-order valence-electron chi connectivity index (χ3n) is 2.96. The van der Waals surface area contributed by atoms with E-state index in [-0.39, 0.29) is 11.5 Å². The Morgan fingerprint density at radius 3 is 2.43 bits per heavy atom. The first-order chi connectivity index (χ1) is 10.1. The Hall–Kier alpha value is -1.79. The zero-order valence-electron chi connectivity index (χ0n) is 10.5. The molecule has 0 spiro atoms. The van der Waals surface area contributed by atoms with Gasteiger partial charge in [-0.15, -0.1) is 0 Å². The van der Waals surface area contributed by atoms with E-state index in [9.17, 15) is 10.2 Å². The van der Waals surface area contributed by atoms with Crippen molar-refractivity contribution < 1.29 is 14.6 Å². The minimum Gasteiger partial charge on any atom is -0.503 e. The van der Waals surface area contributed by atoms with E-state index in [1.165, 1.54) is 0 Å². The zero-order chi connectivity index (χ0) is 15.0. The lowest BCUT2D eigenvalue weighted by molar-refractivity contribution is 0.399. The molecular formula is C15H9Br2NO3. The average molecular weight is 411 g/mol. The summed E-state index contributed by atoms with van der Waals surface area (Å²) >= 11 is 6.42. The molecule has 6 heteroatoms. The summed E-state index contributed by atoms with van der Waals surface area (Å²) in [6.45, 7) is 0. The number of phenolic OH excluding ortho intramolecular Hbond substituents is 2. The van der Waals surface area contributed by atoms with Crippen LogP contribution >= 0.6 is 31.9 Å². The van der Waals surface area contributed by atoms with Gasteiger partial charge in [-0.05, 0) is 37.9 Å². The molecule has 0 amide bonds. The van der Waals surface area contributed by atoms with Crippen LogP contribution in [0.15, 0.2) is 56.0 Å². The fraction of sp³-hybridized carbons (Fsp3) is 0. The second-order valence-electron chi connectivity index (χ2n) is 4.31. The Bertz CT molecular complexity index is 800. The molecule has 2 aromatic carbocycles. The molecule has 106 valence electrons. The maximum atomic E-state index is 9.86. The predicted octanol–water partition coefficient (Wildman–Crippen LogP) is 4.94. The first-order valence-corrected chi connectivity index (χ1v) is 7.58. The molecule has 0 aliphatic carbocycles. The van der Waals surface area contributed by atoms with Crippen LogP contribution < -0.4 is 0 Å². The summed E-state index contributed by atoms with van der Waals surface area (Å²) in [4.78, 5) is 4.23. The Kier molecular flexibility index (Phi) is 3.73. The van der Waals surface area contributed by atoms with E-state index >= 15 is 0 Å². The molecule has 0 saturated carbocycles. The smallest absolute Gasteiger partial charge is 0.228 e. The van der Waals surface area contributed by atoms with Crippen molar-refractivity contribution in [3.63, 3.8) is 0 Å². The van der Waals surface area contributed by atoms with Gasteiger partial charge in [0.2, 0.25) is 5.89 Å². The number of nitrogens with zero attached hydrogens (tertiary/aromatic N) is 1. The van der Waals surface area contributed by atoms with Crippen molar-refractivity contribution >= 4 is 31.9 Å². The van der Waals surface area contributed by atoms with E-state index in [0.29, 0.717) is 26.2 Å². The molecule has 0 aliphatic heterocycles. The van der Waals surface area contributed by atoms with Crippen molar-refractivity contribution in [1.29, 1.82) is 0 Å². The SMILES string of the molecule is Oc1c(Br)cc(-c2ncc(-c3ccccc3)o2)c(Br)c1O. The number of oxazole rings is 1. The van der Waals surface area contributed by atoms with Crippen LogP contribution in [0.1, 0.15) is 0 Å². The number of hydrogen-bond donors (Lipinski definition) is 2. The first kappa shape index (κ1) is 14.2. The summed E-state index contributed by atoms with van der Waals surface area (Å²) in [7, 11) is 0. The molecule has 0 saturated heterocycles. The van der Waals surface area contributed by atoms with E-state index < -0.39 is 0 Å². The quantitative estimate of drug-likeness (QED) is 0.587. The Balaban J connectivity index is 2.09. The molecule has 1 heterocycles. The first-order valence-electron chi connectivity index (χ1n) is 5.99. The van der Waals surface area contributed by atoms with Gasteiger partial charge in [-0.2, -0.15) is 0 Å². The summed E-state index contributed by atoms with van der Waals surface area (Å²) < 4.78 is 6.41. The lowest BCUT2D eigenvalue weighted by Crippen LogP contribution is -1.83. The fourth-order valence-electron chi connectivity index (χ4n) is 1.89. The normalized spacial score (nSPS) is 10.8. The van der Waals surface area contributed by atoms with Gasteiger partial charge >= 0.3 is 0 Å². The van der Waals surface area contributed by atoms with Crippen LogP contribution in [0, 0.1) is 0 Å². The zero-order valence-corrected chi connectivity index (χ0v) is 13.7. The van der Waals surface area contributed by atoms with E-state index in [2.05, 4.69) is 36.8 Å². The molecule has 3 aromatic rings. The van der Waals surface area contributed by atoms with Crippen molar-refractivity contribution in [2.45, 2.75) is 0 Å². The summed E-state index contributed by atoms with van der Waals surface area (Å²) in [5, 5.41) is 19.5. The maximum absolute atomic E-state index is 9.86. The second-order valence-corrected chi connectivity index (χ2v) is 5.96. The molecule has 0 fully saturated rings. The summed E-state index contributed by atoms with van der Waals surface area (Å²) in [5.41, 5.74) is 1.45. The lowest BCUT2D eigenvalue weighted by Gasteiger charge is -2.07. The third-order valence-corrected chi connectivity index (χ3v) is 4.37. The molecule has 4 nitrogen and oxygen atoms in total. The van der Waals surface area contributed by atoms with Gasteiger partial charge in [-0.25, -0.2) is 4.98 Å². The van der Waals surface area contributed by atoms with Gasteiger partial charge in [0.15, 0.2) is 17.3 Å². The number of benzene rings is 2. The van der Waals surface area contributed by atoms with Crippen LogP contribution in [0.2, 0.25) is 0 Å². The minimum atomic E-state index is -0.265. The van der Waals surface area contributed by atoms with Crippen LogP contribution in [0.4, 0.5) is 0 Å². The largest absolute Gasteiger partial charge is 0.503 e. The Labute approximate surface area is 137 Å². The van der Waals surface area contributed by atoms with Gasteiger partial charge < -0.3 is 14.6 Å². The lowest BCUT2D eigenvalue weighted by atomic mass is 10.2. The maximum Gasteiger partial charge on any atom is 0.228 e. The second kappa shape index (κ2) is 5.54. The van der Waals surface area contributed by atoms with Crippen molar-refractivity contribution in [2.24, 2.45) is 0 Å². The van der Waals surface area contributed by atoms with E-state index in [4.69, 9.17) is 4.42 Å². The van der Waals surface area contributed by atoms with Crippen molar-refractivity contribution in [3.8, 4) is 34.3 Å². The molecule has 21 heavy (non-hydrogen) atoms. The van der Waals surface area contributed by atoms with Gasteiger partial charge in [0.1, 0.15) is 0 Å². The molecule has 0 aliphatic rings. The van der Waals surface area contributed by atoms with Gasteiger partial charge in [0.25, 0.3) is 0 Å². The van der Waals surface area contributed by atoms with Crippen molar-refractivity contribution in [3.05, 3.63) is 51.5 Å². The standard InChI is InChI=1S/C15H9Br2NO3/c16-10-6-9(12(17)14(20)13(10)19)15-18-7-11(21-15)8-4-2-1-3-5-8/h1-7,19-20H. The van der Waals surface area contributed by atoms with Gasteiger partial charge in [-0.1, -0.05) is 30.3 Å². The highest BCUT2D eigenvalue weighted by Crippen LogP contribution is 2.45. The highest BCUT2D eigenvalue weighted by Gasteiger charge is 2.19. The molecule has 0 radical (unpaired) electrons. The van der Waals surface area contributed by atoms with E-state index in [1.807, 2.05) is 30.3 Å². The van der Waals surface area contributed by atoms with Crippen LogP contribution in [-0.4, -0.2) is 15.2 Å². The topological polar surface area (TPSA) is 66.5 Å². The summed E-state index contributed by atoms with van der Waals surface area (Å²) in [5.74, 6) is 0.470. The number of rotatable bonds is 2. The van der Waals surface area contributed by atoms with Crippen LogP contribution in [0.3, 0.4) is 0 Å². The van der Waals surface area contributed by atoms with Crippen molar-refractivity contribution in [1.82, 2.24) is 4.98 Å². The average Bonchev–Trinajstić information content (AvgIpc) is 2.99. The Morgan fingerprint density at radius 1 is 1.00 bits per heavy atom. The van der Waals surface area contributed by atoms with Gasteiger partial charge in [0, 0.05) is 5.56 Å². The number of halogens is 2. The minimum absolute atomic E-state index is 0.236. The van der Waals surface area contributed by atoms with E-state index in [1.54, 1.807) is 12.3 Å². The molecule has 1 aromatic heterocycles. The number of phenols is 2. The van der Waals surface area contributed by atoms with Crippen LogP contribution in [0.25, 0.3) is 22.8 Å². The van der Waals surface area contributed by atoms with Crippen LogP contribution in [-0.2, 0) is 0 Å². The number of aromatic nitrogens is 1. The van der Waals surface area contributed by atoms with Gasteiger partial charge in [0.05, 0.1) is 20.7 Å². The monoisotopic (exact) mass is 409 g/mol. The van der Waals surface area contributed by atoms with Gasteiger partial charge in [-0.3, -0.25) is 0 Å². The number of hydrogen-bond acceptors (Lipinski definition) is 4. The predicted molar refractivity (Wildman–Crippen MR) is 86.1 cm³/mol. The molecule has 0 unspecified atom stereocenters.